The molecule has 0 spiro atoms. The summed E-state index contributed by atoms with van der Waals surface area (Å²) in [7, 11) is 1.93. The predicted molar refractivity (Wildman–Crippen MR) is 66.2 cm³/mol. The maximum atomic E-state index is 5.71. The number of rotatable bonds is 3. The van der Waals surface area contributed by atoms with E-state index in [1.165, 1.54) is 0 Å². The van der Waals surface area contributed by atoms with Crippen molar-refractivity contribution in [3.05, 3.63) is 0 Å². The Hall–Kier alpha value is -1.63. The molecule has 1 aliphatic heterocycles. The van der Waals surface area contributed by atoms with E-state index in [1.54, 1.807) is 0 Å². The average Bonchev–Trinajstić information content (AvgIpc) is 2.38. The first-order valence-corrected chi connectivity index (χ1v) is 5.76. The van der Waals surface area contributed by atoms with Crippen molar-refractivity contribution in [3.63, 3.8) is 0 Å². The maximum absolute atomic E-state index is 5.71. The van der Waals surface area contributed by atoms with Gasteiger partial charge in [0.25, 0.3) is 0 Å². The van der Waals surface area contributed by atoms with Gasteiger partial charge in [-0.15, -0.1) is 0 Å². The SMILES string of the molecule is CCN(C)c1nc(N)nc(N2CCOCC2)n1. The lowest BCUT2D eigenvalue weighted by Gasteiger charge is -2.27. The zero-order chi connectivity index (χ0) is 12.3. The first kappa shape index (κ1) is 11.8. The highest BCUT2D eigenvalue weighted by molar-refractivity contribution is 5.43. The lowest BCUT2D eigenvalue weighted by Crippen LogP contribution is -2.38. The highest BCUT2D eigenvalue weighted by Crippen LogP contribution is 2.15. The Morgan fingerprint density at radius 3 is 2.65 bits per heavy atom. The van der Waals surface area contributed by atoms with Gasteiger partial charge >= 0.3 is 0 Å². The number of hydrogen-bond donors (Lipinski definition) is 1. The van der Waals surface area contributed by atoms with Crippen LogP contribution in [0.2, 0.25) is 0 Å². The van der Waals surface area contributed by atoms with Crippen LogP contribution in [0.4, 0.5) is 17.8 Å². The van der Waals surface area contributed by atoms with E-state index in [-0.39, 0.29) is 5.95 Å². The zero-order valence-electron chi connectivity index (χ0n) is 10.3. The van der Waals surface area contributed by atoms with Crippen LogP contribution in [0.25, 0.3) is 0 Å². The number of ether oxygens (including phenoxy) is 1. The fourth-order valence-corrected chi connectivity index (χ4v) is 1.59. The van der Waals surface area contributed by atoms with Crippen molar-refractivity contribution < 1.29 is 4.74 Å². The summed E-state index contributed by atoms with van der Waals surface area (Å²) >= 11 is 0. The molecular weight excluding hydrogens is 220 g/mol. The molecule has 17 heavy (non-hydrogen) atoms. The Kier molecular flexibility index (Phi) is 3.58. The molecule has 0 aliphatic carbocycles. The predicted octanol–water partition coefficient (Wildman–Crippen LogP) is -0.253. The molecule has 0 bridgehead atoms. The molecule has 0 radical (unpaired) electrons. The summed E-state index contributed by atoms with van der Waals surface area (Å²) in [6.45, 7) is 5.84. The largest absolute Gasteiger partial charge is 0.378 e. The van der Waals surface area contributed by atoms with Gasteiger partial charge in [-0.25, -0.2) is 0 Å². The number of nitrogens with zero attached hydrogens (tertiary/aromatic N) is 5. The number of hydrogen-bond acceptors (Lipinski definition) is 7. The summed E-state index contributed by atoms with van der Waals surface area (Å²) in [5.74, 6) is 1.51. The minimum Gasteiger partial charge on any atom is -0.378 e. The standard InChI is InChI=1S/C10H18N6O/c1-3-15(2)9-12-8(11)13-10(14-9)16-4-6-17-7-5-16/h3-7H2,1-2H3,(H2,11,12,13,14). The van der Waals surface area contributed by atoms with Crippen molar-refractivity contribution in [2.45, 2.75) is 6.92 Å². The van der Waals surface area contributed by atoms with Crippen LogP contribution in [0.1, 0.15) is 6.92 Å². The van der Waals surface area contributed by atoms with E-state index in [9.17, 15) is 0 Å². The smallest absolute Gasteiger partial charge is 0.232 e. The summed E-state index contributed by atoms with van der Waals surface area (Å²) in [5, 5.41) is 0. The van der Waals surface area contributed by atoms with Gasteiger partial charge in [-0.05, 0) is 6.92 Å². The van der Waals surface area contributed by atoms with Crippen molar-refractivity contribution in [2.24, 2.45) is 0 Å². The molecule has 0 unspecified atom stereocenters. The van der Waals surface area contributed by atoms with Crippen LogP contribution in [0.3, 0.4) is 0 Å². The van der Waals surface area contributed by atoms with Gasteiger partial charge in [0, 0.05) is 26.7 Å². The molecule has 1 saturated heterocycles. The van der Waals surface area contributed by atoms with Gasteiger partial charge in [0.1, 0.15) is 0 Å². The monoisotopic (exact) mass is 238 g/mol. The first-order chi connectivity index (χ1) is 8.20. The molecule has 0 atom stereocenters. The molecule has 1 fully saturated rings. The Bertz CT molecular complexity index is 379. The number of nitrogen functional groups attached to an aromatic ring is 1. The van der Waals surface area contributed by atoms with Crippen LogP contribution in [-0.4, -0.2) is 54.8 Å². The van der Waals surface area contributed by atoms with E-state index in [4.69, 9.17) is 10.5 Å². The quantitative estimate of drug-likeness (QED) is 0.777. The maximum Gasteiger partial charge on any atom is 0.232 e. The summed E-state index contributed by atoms with van der Waals surface area (Å²) < 4.78 is 5.30. The molecule has 2 rings (SSSR count). The molecule has 1 aromatic rings. The van der Waals surface area contributed by atoms with Crippen molar-refractivity contribution >= 4 is 17.8 Å². The normalized spacial score (nSPS) is 16.0. The molecule has 1 aliphatic rings. The minimum atomic E-state index is 0.261. The molecule has 2 N–H and O–H groups in total. The van der Waals surface area contributed by atoms with Gasteiger partial charge < -0.3 is 20.3 Å². The fraction of sp³-hybridized carbons (Fsp3) is 0.700. The van der Waals surface area contributed by atoms with E-state index in [1.807, 2.05) is 18.9 Å². The second kappa shape index (κ2) is 5.13. The number of anilines is 3. The highest BCUT2D eigenvalue weighted by atomic mass is 16.5. The Morgan fingerprint density at radius 2 is 2.00 bits per heavy atom. The van der Waals surface area contributed by atoms with E-state index in [2.05, 4.69) is 19.9 Å². The third kappa shape index (κ3) is 2.73. The molecule has 94 valence electrons. The van der Waals surface area contributed by atoms with Gasteiger partial charge in [-0.3, -0.25) is 0 Å². The Morgan fingerprint density at radius 1 is 1.29 bits per heavy atom. The molecule has 0 saturated carbocycles. The van der Waals surface area contributed by atoms with Crippen LogP contribution in [0.15, 0.2) is 0 Å². The van der Waals surface area contributed by atoms with Crippen molar-refractivity contribution in [3.8, 4) is 0 Å². The molecule has 7 heteroatoms. The summed E-state index contributed by atoms with van der Waals surface area (Å²) in [4.78, 5) is 16.7. The summed E-state index contributed by atoms with van der Waals surface area (Å²) in [6, 6.07) is 0. The van der Waals surface area contributed by atoms with Crippen LogP contribution in [0.5, 0.6) is 0 Å². The minimum absolute atomic E-state index is 0.261. The van der Waals surface area contributed by atoms with E-state index in [0.717, 1.165) is 19.6 Å². The summed E-state index contributed by atoms with van der Waals surface area (Å²) in [6.07, 6.45) is 0. The average molecular weight is 238 g/mol. The first-order valence-electron chi connectivity index (χ1n) is 5.76. The lowest BCUT2D eigenvalue weighted by atomic mass is 10.4. The molecule has 2 heterocycles. The van der Waals surface area contributed by atoms with Gasteiger partial charge in [0.05, 0.1) is 13.2 Å². The van der Waals surface area contributed by atoms with E-state index in [0.29, 0.717) is 25.1 Å². The Labute approximate surface area is 101 Å². The molecule has 7 nitrogen and oxygen atoms in total. The van der Waals surface area contributed by atoms with Crippen LogP contribution in [0, 0.1) is 0 Å². The number of nitrogens with two attached hydrogens (primary N) is 1. The van der Waals surface area contributed by atoms with Crippen molar-refractivity contribution in [1.82, 2.24) is 15.0 Å². The fourth-order valence-electron chi connectivity index (χ4n) is 1.59. The highest BCUT2D eigenvalue weighted by Gasteiger charge is 2.16. The molecular formula is C10H18N6O. The topological polar surface area (TPSA) is 80.4 Å². The molecule has 0 aromatic carbocycles. The van der Waals surface area contributed by atoms with Crippen LogP contribution >= 0.6 is 0 Å². The summed E-state index contributed by atoms with van der Waals surface area (Å²) in [5.41, 5.74) is 5.71. The lowest BCUT2D eigenvalue weighted by molar-refractivity contribution is 0.122. The van der Waals surface area contributed by atoms with E-state index < -0.39 is 0 Å². The zero-order valence-corrected chi connectivity index (χ0v) is 10.3. The van der Waals surface area contributed by atoms with E-state index >= 15 is 0 Å². The van der Waals surface area contributed by atoms with Crippen LogP contribution in [-0.2, 0) is 4.74 Å². The van der Waals surface area contributed by atoms with Crippen molar-refractivity contribution in [1.29, 1.82) is 0 Å². The third-order valence-electron chi connectivity index (χ3n) is 2.74. The second-order valence-corrected chi connectivity index (χ2v) is 3.91. The van der Waals surface area contributed by atoms with Gasteiger partial charge in [0.2, 0.25) is 17.8 Å². The second-order valence-electron chi connectivity index (χ2n) is 3.91. The van der Waals surface area contributed by atoms with Gasteiger partial charge in [0.15, 0.2) is 0 Å². The molecule has 0 amide bonds. The van der Waals surface area contributed by atoms with Crippen LogP contribution < -0.4 is 15.5 Å². The van der Waals surface area contributed by atoms with Crippen molar-refractivity contribution in [2.75, 3.05) is 55.4 Å². The third-order valence-corrected chi connectivity index (χ3v) is 2.74. The van der Waals surface area contributed by atoms with Gasteiger partial charge in [-0.1, -0.05) is 0 Å². The van der Waals surface area contributed by atoms with Gasteiger partial charge in [-0.2, -0.15) is 15.0 Å². The number of aromatic nitrogens is 3. The molecule has 1 aromatic heterocycles. The Balaban J connectivity index is 2.24. The number of morpholine rings is 1.